The van der Waals surface area contributed by atoms with E-state index in [4.69, 9.17) is 14.2 Å². The second-order valence-corrected chi connectivity index (χ2v) is 6.32. The van der Waals surface area contributed by atoms with Crippen LogP contribution in [0.4, 0.5) is 5.69 Å². The highest BCUT2D eigenvalue weighted by atomic mass is 16.5. The molecule has 1 heterocycles. The molecular weight excluding hydrogens is 344 g/mol. The van der Waals surface area contributed by atoms with Crippen molar-refractivity contribution in [1.82, 2.24) is 4.98 Å². The van der Waals surface area contributed by atoms with Crippen LogP contribution in [0.25, 0.3) is 0 Å². The number of aromatic nitrogens is 1. The van der Waals surface area contributed by atoms with E-state index in [1.54, 1.807) is 25.4 Å². The molecule has 2 rings (SSSR count). The Kier molecular flexibility index (Phi) is 8.58. The quantitative estimate of drug-likeness (QED) is 0.606. The number of nitrogens with one attached hydrogen (secondary N) is 1. The maximum absolute atomic E-state index is 12.2. The monoisotopic (exact) mass is 372 g/mol. The van der Waals surface area contributed by atoms with Gasteiger partial charge in [-0.1, -0.05) is 12.1 Å². The lowest BCUT2D eigenvalue weighted by Gasteiger charge is -2.11. The summed E-state index contributed by atoms with van der Waals surface area (Å²) in [6.07, 6.45) is 3.60. The molecular formula is C21H28N2O4. The van der Waals surface area contributed by atoms with Gasteiger partial charge in [0, 0.05) is 19.7 Å². The Morgan fingerprint density at radius 1 is 1.07 bits per heavy atom. The summed E-state index contributed by atoms with van der Waals surface area (Å²) in [5.74, 6) is 1.25. The van der Waals surface area contributed by atoms with Crippen LogP contribution in [-0.2, 0) is 9.53 Å². The molecule has 0 spiro atoms. The highest BCUT2D eigenvalue weighted by Gasteiger charge is 2.09. The topological polar surface area (TPSA) is 69.7 Å². The van der Waals surface area contributed by atoms with E-state index in [-0.39, 0.29) is 5.91 Å². The predicted octanol–water partition coefficient (Wildman–Crippen LogP) is 3.91. The molecule has 1 amide bonds. The van der Waals surface area contributed by atoms with Gasteiger partial charge in [0.2, 0.25) is 11.8 Å². The van der Waals surface area contributed by atoms with E-state index in [0.29, 0.717) is 37.8 Å². The van der Waals surface area contributed by atoms with Crippen LogP contribution < -0.4 is 14.8 Å². The van der Waals surface area contributed by atoms with Crippen LogP contribution in [-0.4, -0.2) is 37.8 Å². The molecule has 0 bridgehead atoms. The molecule has 0 saturated carbocycles. The number of rotatable bonds is 11. The van der Waals surface area contributed by atoms with Gasteiger partial charge < -0.3 is 19.5 Å². The minimum absolute atomic E-state index is 0.0636. The fourth-order valence-corrected chi connectivity index (χ4v) is 2.47. The molecule has 2 aromatic rings. The summed E-state index contributed by atoms with van der Waals surface area (Å²) in [6, 6.07) is 9.69. The summed E-state index contributed by atoms with van der Waals surface area (Å²) in [7, 11) is 1.61. The molecule has 0 radical (unpaired) electrons. The van der Waals surface area contributed by atoms with Crippen molar-refractivity contribution in [3.8, 4) is 11.6 Å². The number of unbranched alkanes of at least 4 members (excludes halogenated alkanes) is 1. The van der Waals surface area contributed by atoms with Gasteiger partial charge in [-0.2, -0.15) is 0 Å². The Morgan fingerprint density at radius 3 is 2.74 bits per heavy atom. The fourth-order valence-electron chi connectivity index (χ4n) is 2.47. The number of hydrogen-bond donors (Lipinski definition) is 1. The molecule has 1 aromatic carbocycles. The summed E-state index contributed by atoms with van der Waals surface area (Å²) < 4.78 is 16.3. The van der Waals surface area contributed by atoms with Crippen molar-refractivity contribution in [3.05, 3.63) is 47.7 Å². The highest BCUT2D eigenvalue weighted by Crippen LogP contribution is 2.21. The van der Waals surface area contributed by atoms with E-state index < -0.39 is 0 Å². The maximum atomic E-state index is 12.2. The predicted molar refractivity (Wildman–Crippen MR) is 105 cm³/mol. The normalized spacial score (nSPS) is 10.5. The molecule has 0 aliphatic rings. The Hall–Kier alpha value is -2.60. The van der Waals surface area contributed by atoms with Crippen LogP contribution in [0.5, 0.6) is 11.6 Å². The van der Waals surface area contributed by atoms with Crippen molar-refractivity contribution in [3.63, 3.8) is 0 Å². The molecule has 0 fully saturated rings. The van der Waals surface area contributed by atoms with Crippen LogP contribution in [0.15, 0.2) is 36.5 Å². The number of hydrogen-bond acceptors (Lipinski definition) is 5. The molecule has 6 heteroatoms. The molecule has 0 atom stereocenters. The van der Waals surface area contributed by atoms with Crippen LogP contribution in [0.3, 0.4) is 0 Å². The van der Waals surface area contributed by atoms with Crippen molar-refractivity contribution in [2.24, 2.45) is 0 Å². The summed E-state index contributed by atoms with van der Waals surface area (Å²) >= 11 is 0. The second-order valence-electron chi connectivity index (χ2n) is 6.32. The second kappa shape index (κ2) is 11.2. The van der Waals surface area contributed by atoms with E-state index >= 15 is 0 Å². The number of carbonyl (C=O) groups excluding carboxylic acids is 1. The summed E-state index contributed by atoms with van der Waals surface area (Å²) in [4.78, 5) is 16.3. The average Bonchev–Trinajstić information content (AvgIpc) is 2.65. The van der Waals surface area contributed by atoms with E-state index in [2.05, 4.69) is 22.4 Å². The number of methoxy groups -OCH3 is 1. The van der Waals surface area contributed by atoms with Crippen molar-refractivity contribution in [2.75, 3.05) is 32.2 Å². The van der Waals surface area contributed by atoms with Gasteiger partial charge in [0.25, 0.3) is 0 Å². The lowest BCUT2D eigenvalue weighted by atomic mass is 10.1. The van der Waals surface area contributed by atoms with Crippen LogP contribution in [0.1, 0.15) is 30.4 Å². The van der Waals surface area contributed by atoms with Gasteiger partial charge >= 0.3 is 0 Å². The van der Waals surface area contributed by atoms with Crippen LogP contribution >= 0.6 is 0 Å². The number of amides is 1. The van der Waals surface area contributed by atoms with Gasteiger partial charge in [-0.25, -0.2) is 4.98 Å². The highest BCUT2D eigenvalue weighted by molar-refractivity contribution is 5.91. The Bertz CT molecular complexity index is 734. The summed E-state index contributed by atoms with van der Waals surface area (Å²) in [5, 5.41) is 2.85. The molecule has 0 aliphatic heterocycles. The van der Waals surface area contributed by atoms with Gasteiger partial charge in [-0.15, -0.1) is 0 Å². The minimum atomic E-state index is -0.0636. The third-order valence-corrected chi connectivity index (χ3v) is 3.97. The third-order valence-electron chi connectivity index (χ3n) is 3.97. The van der Waals surface area contributed by atoms with Crippen molar-refractivity contribution >= 4 is 11.6 Å². The van der Waals surface area contributed by atoms with Crippen LogP contribution in [0.2, 0.25) is 0 Å². The molecule has 0 aliphatic carbocycles. The van der Waals surface area contributed by atoms with Gasteiger partial charge in [-0.05, 0) is 56.0 Å². The van der Waals surface area contributed by atoms with E-state index in [1.807, 2.05) is 19.9 Å². The number of nitrogens with zero attached hydrogens (tertiary/aromatic N) is 1. The van der Waals surface area contributed by atoms with Crippen molar-refractivity contribution < 1.29 is 19.0 Å². The first-order valence-electron chi connectivity index (χ1n) is 9.17. The zero-order chi connectivity index (χ0) is 19.5. The van der Waals surface area contributed by atoms with Crippen LogP contribution in [0, 0.1) is 13.8 Å². The SMILES string of the molecule is COCCOc1ncccc1NC(=O)CCCCOc1cc(C)ccc1C. The third kappa shape index (κ3) is 7.27. The first-order valence-corrected chi connectivity index (χ1v) is 9.17. The molecule has 27 heavy (non-hydrogen) atoms. The summed E-state index contributed by atoms with van der Waals surface area (Å²) in [6.45, 7) is 5.51. The molecule has 0 unspecified atom stereocenters. The molecule has 146 valence electrons. The number of pyridine rings is 1. The molecule has 0 saturated heterocycles. The first-order chi connectivity index (χ1) is 13.1. The smallest absolute Gasteiger partial charge is 0.237 e. The maximum Gasteiger partial charge on any atom is 0.237 e. The standard InChI is InChI=1S/C21H28N2O4/c1-16-9-10-17(2)19(15-16)26-12-5-4-8-20(24)23-18-7-6-11-22-21(18)27-14-13-25-3/h6-7,9-11,15H,4-5,8,12-14H2,1-3H3,(H,23,24). The van der Waals surface area contributed by atoms with E-state index in [1.165, 1.54) is 5.56 Å². The fraction of sp³-hybridized carbons (Fsp3) is 0.429. The largest absolute Gasteiger partial charge is 0.493 e. The van der Waals surface area contributed by atoms with Gasteiger partial charge in [0.05, 0.1) is 13.2 Å². The van der Waals surface area contributed by atoms with E-state index in [0.717, 1.165) is 24.2 Å². The molecule has 1 aromatic heterocycles. The number of benzene rings is 1. The first kappa shape index (κ1) is 20.7. The average molecular weight is 372 g/mol. The Morgan fingerprint density at radius 2 is 1.93 bits per heavy atom. The molecule has 6 nitrogen and oxygen atoms in total. The summed E-state index contributed by atoms with van der Waals surface area (Å²) in [5.41, 5.74) is 2.87. The minimum Gasteiger partial charge on any atom is -0.493 e. The van der Waals surface area contributed by atoms with Crippen molar-refractivity contribution in [2.45, 2.75) is 33.1 Å². The van der Waals surface area contributed by atoms with E-state index in [9.17, 15) is 4.79 Å². The molecule has 1 N–H and O–H groups in total. The Balaban J connectivity index is 1.71. The lowest BCUT2D eigenvalue weighted by Crippen LogP contribution is -2.14. The lowest BCUT2D eigenvalue weighted by molar-refractivity contribution is -0.116. The van der Waals surface area contributed by atoms with Gasteiger partial charge in [0.15, 0.2) is 0 Å². The van der Waals surface area contributed by atoms with Gasteiger partial charge in [0.1, 0.15) is 18.0 Å². The zero-order valence-electron chi connectivity index (χ0n) is 16.3. The number of anilines is 1. The number of carbonyl (C=O) groups is 1. The number of ether oxygens (including phenoxy) is 3. The number of aryl methyl sites for hydroxylation is 2. The zero-order valence-corrected chi connectivity index (χ0v) is 16.3. The van der Waals surface area contributed by atoms with Gasteiger partial charge in [-0.3, -0.25) is 4.79 Å². The Labute approximate surface area is 160 Å². The van der Waals surface area contributed by atoms with Crippen molar-refractivity contribution in [1.29, 1.82) is 0 Å².